The quantitative estimate of drug-likeness (QED) is 0.889. The van der Waals surface area contributed by atoms with Crippen molar-refractivity contribution in [1.82, 2.24) is 0 Å². The van der Waals surface area contributed by atoms with Crippen molar-refractivity contribution in [2.24, 2.45) is 17.1 Å². The summed E-state index contributed by atoms with van der Waals surface area (Å²) in [7, 11) is 0. The van der Waals surface area contributed by atoms with Gasteiger partial charge in [0.15, 0.2) is 0 Å². The van der Waals surface area contributed by atoms with Gasteiger partial charge in [0.2, 0.25) is 0 Å². The second-order valence-corrected chi connectivity index (χ2v) is 7.82. The lowest BCUT2D eigenvalue weighted by Crippen LogP contribution is -2.36. The van der Waals surface area contributed by atoms with Crippen LogP contribution in [0.4, 0.5) is 0 Å². The monoisotopic (exact) mass is 301 g/mol. The van der Waals surface area contributed by atoms with Gasteiger partial charge >= 0.3 is 0 Å². The van der Waals surface area contributed by atoms with E-state index in [1.165, 1.54) is 40.8 Å². The maximum absolute atomic E-state index is 6.03. The summed E-state index contributed by atoms with van der Waals surface area (Å²) in [5, 5.41) is 0. The third-order valence-corrected chi connectivity index (χ3v) is 5.57. The van der Waals surface area contributed by atoms with Gasteiger partial charge in [-0.05, 0) is 65.2 Å². The molecule has 0 radical (unpaired) electrons. The predicted molar refractivity (Wildman–Crippen MR) is 74.8 cm³/mol. The Morgan fingerprint density at radius 2 is 2.12 bits per heavy atom. The van der Waals surface area contributed by atoms with Crippen LogP contribution in [-0.4, -0.2) is 6.54 Å². The molecule has 1 fully saturated rings. The first-order valence-corrected chi connectivity index (χ1v) is 7.69. The van der Waals surface area contributed by atoms with Crippen LogP contribution in [0.25, 0.3) is 0 Å². The van der Waals surface area contributed by atoms with Gasteiger partial charge in [-0.25, -0.2) is 0 Å². The number of nitrogens with two attached hydrogens (primary N) is 1. The van der Waals surface area contributed by atoms with Gasteiger partial charge in [-0.3, -0.25) is 0 Å². The maximum Gasteiger partial charge on any atom is 0.0701 e. The molecule has 1 aliphatic rings. The van der Waals surface area contributed by atoms with Crippen LogP contribution in [0.5, 0.6) is 0 Å². The lowest BCUT2D eigenvalue weighted by Gasteiger charge is -2.38. The number of hydrogen-bond donors (Lipinski definition) is 1. The molecule has 3 heteroatoms. The molecule has 90 valence electrons. The molecule has 0 atom stereocenters. The van der Waals surface area contributed by atoms with E-state index in [4.69, 9.17) is 5.73 Å². The zero-order valence-electron chi connectivity index (χ0n) is 9.84. The minimum atomic E-state index is 0.386. The highest BCUT2D eigenvalue weighted by Crippen LogP contribution is 2.41. The average molecular weight is 302 g/mol. The molecule has 1 aromatic rings. The Labute approximate surface area is 111 Å². The van der Waals surface area contributed by atoms with E-state index in [1.54, 1.807) is 0 Å². The smallest absolute Gasteiger partial charge is 0.0701 e. The van der Waals surface area contributed by atoms with Crippen LogP contribution in [-0.2, 0) is 6.42 Å². The van der Waals surface area contributed by atoms with Crippen LogP contribution >= 0.6 is 27.3 Å². The first-order valence-electron chi connectivity index (χ1n) is 6.08. The van der Waals surface area contributed by atoms with Crippen LogP contribution in [0.2, 0.25) is 0 Å². The Balaban J connectivity index is 2.04. The molecule has 1 saturated carbocycles. The third-order valence-electron chi connectivity index (χ3n) is 3.95. The van der Waals surface area contributed by atoms with Gasteiger partial charge < -0.3 is 5.73 Å². The highest BCUT2D eigenvalue weighted by Gasteiger charge is 2.33. The summed E-state index contributed by atoms with van der Waals surface area (Å²) in [5.74, 6) is 0.898. The summed E-state index contributed by atoms with van der Waals surface area (Å²) in [6.45, 7) is 3.21. The van der Waals surface area contributed by atoms with E-state index < -0.39 is 0 Å². The average Bonchev–Trinajstić information content (AvgIpc) is 2.68. The van der Waals surface area contributed by atoms with E-state index >= 15 is 0 Å². The largest absolute Gasteiger partial charge is 0.330 e. The standard InChI is InChI=1S/C13H20BrNS/c1-10-4-6-13(9-15,7-5-10)8-11-2-3-12(14)16-11/h2-3,10H,4-9,15H2,1H3. The Morgan fingerprint density at radius 1 is 1.44 bits per heavy atom. The second-order valence-electron chi connectivity index (χ2n) is 5.27. The summed E-state index contributed by atoms with van der Waals surface area (Å²) in [4.78, 5) is 1.48. The van der Waals surface area contributed by atoms with Crippen molar-refractivity contribution in [3.8, 4) is 0 Å². The molecule has 2 rings (SSSR count). The molecule has 0 bridgehead atoms. The van der Waals surface area contributed by atoms with E-state index in [-0.39, 0.29) is 0 Å². The second kappa shape index (κ2) is 5.19. The third kappa shape index (κ3) is 2.88. The molecule has 0 spiro atoms. The molecule has 1 heterocycles. The molecular weight excluding hydrogens is 282 g/mol. The van der Waals surface area contributed by atoms with E-state index in [9.17, 15) is 0 Å². The van der Waals surface area contributed by atoms with E-state index in [1.807, 2.05) is 11.3 Å². The number of thiophene rings is 1. The molecule has 0 amide bonds. The molecule has 1 aromatic heterocycles. The Bertz CT molecular complexity index is 339. The van der Waals surface area contributed by atoms with Crippen molar-refractivity contribution in [3.05, 3.63) is 20.8 Å². The van der Waals surface area contributed by atoms with Gasteiger partial charge in [-0.2, -0.15) is 0 Å². The molecular formula is C13H20BrNS. The van der Waals surface area contributed by atoms with Crippen LogP contribution in [0.3, 0.4) is 0 Å². The van der Waals surface area contributed by atoms with Crippen molar-refractivity contribution >= 4 is 27.3 Å². The fourth-order valence-corrected chi connectivity index (χ4v) is 4.30. The summed E-state index contributed by atoms with van der Waals surface area (Å²) in [5.41, 5.74) is 6.42. The van der Waals surface area contributed by atoms with Gasteiger partial charge in [0.05, 0.1) is 3.79 Å². The normalized spacial score (nSPS) is 30.6. The topological polar surface area (TPSA) is 26.0 Å². The zero-order chi connectivity index (χ0) is 11.6. The number of hydrogen-bond acceptors (Lipinski definition) is 2. The first-order chi connectivity index (χ1) is 7.63. The molecule has 0 saturated heterocycles. The van der Waals surface area contributed by atoms with E-state index in [2.05, 4.69) is 35.0 Å². The highest BCUT2D eigenvalue weighted by molar-refractivity contribution is 9.11. The van der Waals surface area contributed by atoms with Crippen molar-refractivity contribution in [2.45, 2.75) is 39.0 Å². The van der Waals surface area contributed by atoms with Crippen LogP contribution in [0.15, 0.2) is 15.9 Å². The molecule has 0 aliphatic heterocycles. The molecule has 1 nitrogen and oxygen atoms in total. The van der Waals surface area contributed by atoms with Gasteiger partial charge in [0.25, 0.3) is 0 Å². The summed E-state index contributed by atoms with van der Waals surface area (Å²) >= 11 is 5.39. The summed E-state index contributed by atoms with van der Waals surface area (Å²) < 4.78 is 1.24. The van der Waals surface area contributed by atoms with Crippen LogP contribution in [0, 0.1) is 11.3 Å². The summed E-state index contributed by atoms with van der Waals surface area (Å²) in [6.07, 6.45) is 6.49. The Morgan fingerprint density at radius 3 is 2.62 bits per heavy atom. The minimum absolute atomic E-state index is 0.386. The van der Waals surface area contributed by atoms with Gasteiger partial charge in [0.1, 0.15) is 0 Å². The van der Waals surface area contributed by atoms with Gasteiger partial charge in [-0.1, -0.05) is 19.8 Å². The fourth-order valence-electron chi connectivity index (χ4n) is 2.64. The summed E-state index contributed by atoms with van der Waals surface area (Å²) in [6, 6.07) is 4.39. The highest BCUT2D eigenvalue weighted by atomic mass is 79.9. The number of halogens is 1. The van der Waals surface area contributed by atoms with E-state index in [0.717, 1.165) is 12.5 Å². The predicted octanol–water partition coefficient (Wildman–Crippen LogP) is 4.21. The van der Waals surface area contributed by atoms with Gasteiger partial charge in [-0.15, -0.1) is 11.3 Å². The lowest BCUT2D eigenvalue weighted by atomic mass is 9.69. The lowest BCUT2D eigenvalue weighted by molar-refractivity contribution is 0.164. The fraction of sp³-hybridized carbons (Fsp3) is 0.692. The minimum Gasteiger partial charge on any atom is -0.330 e. The Kier molecular flexibility index (Phi) is 4.09. The van der Waals surface area contributed by atoms with Crippen molar-refractivity contribution in [1.29, 1.82) is 0 Å². The SMILES string of the molecule is CC1CCC(CN)(Cc2ccc(Br)s2)CC1. The van der Waals surface area contributed by atoms with Crippen molar-refractivity contribution < 1.29 is 0 Å². The maximum atomic E-state index is 6.03. The molecule has 2 N–H and O–H groups in total. The van der Waals surface area contributed by atoms with Crippen LogP contribution < -0.4 is 5.73 Å². The number of rotatable bonds is 3. The van der Waals surface area contributed by atoms with Gasteiger partial charge in [0, 0.05) is 4.88 Å². The molecule has 0 unspecified atom stereocenters. The van der Waals surface area contributed by atoms with E-state index in [0.29, 0.717) is 5.41 Å². The molecule has 1 aliphatic carbocycles. The van der Waals surface area contributed by atoms with Crippen LogP contribution in [0.1, 0.15) is 37.5 Å². The van der Waals surface area contributed by atoms with Crippen molar-refractivity contribution in [2.75, 3.05) is 6.54 Å². The zero-order valence-corrected chi connectivity index (χ0v) is 12.2. The molecule has 16 heavy (non-hydrogen) atoms. The molecule has 0 aromatic carbocycles. The Hall–Kier alpha value is 0.140. The first kappa shape index (κ1) is 12.6. The van der Waals surface area contributed by atoms with Crippen molar-refractivity contribution in [3.63, 3.8) is 0 Å².